The Bertz CT molecular complexity index is 2460. The second kappa shape index (κ2) is 19.9. The van der Waals surface area contributed by atoms with E-state index < -0.39 is 62.8 Å². The van der Waals surface area contributed by atoms with Gasteiger partial charge in [0.25, 0.3) is 8.32 Å². The molecule has 1 aromatic heterocycles. The highest BCUT2D eigenvalue weighted by Gasteiger charge is 2.48. The highest BCUT2D eigenvalue weighted by Crippen LogP contribution is 2.48. The zero-order valence-electron chi connectivity index (χ0n) is 42.6. The first kappa shape index (κ1) is 52.6. The number of likely N-dealkylation sites (tertiary alicyclic amines) is 1. The molecule has 3 aromatic carbocycles. The molecule has 2 fully saturated rings. The zero-order chi connectivity index (χ0) is 49.7. The molecule has 2 aliphatic heterocycles. The van der Waals surface area contributed by atoms with Crippen molar-refractivity contribution in [2.75, 3.05) is 44.7 Å². The molecule has 0 spiro atoms. The number of benzene rings is 3. The van der Waals surface area contributed by atoms with Crippen LogP contribution in [0.25, 0.3) is 32.8 Å². The molecule has 0 aliphatic carbocycles. The van der Waals surface area contributed by atoms with Crippen LogP contribution < -0.4 is 14.1 Å². The molecule has 4 aromatic rings. The van der Waals surface area contributed by atoms with Crippen molar-refractivity contribution in [2.24, 2.45) is 11.3 Å². The standard InChI is InChI=1S/C53H75F5N4O3Si2/c1-31(2)66(32(3)4,33(5)6)24-20-39-43(54)18-17-37-25-38(65-67(34(7)8,35(9)10)36(11)12)26-40(45(37)39)46-44(55)27-41-48(47(46)56)59-51(60-50(41)62-22-16-21-53(14,63)29-62)64-30-52(13)28-61(15)23-19-42(52)49(57)58/h17-18,25-27,31-36,42,49,63H,16,19,21-23,28-30H2,1-15H3/t42-,52+,53-/m1/s1. The largest absolute Gasteiger partial charge is 0.543 e. The predicted molar refractivity (Wildman–Crippen MR) is 269 cm³/mol. The van der Waals surface area contributed by atoms with Crippen LogP contribution in [0.1, 0.15) is 122 Å². The molecule has 2 aliphatic rings. The minimum atomic E-state index is -2.64. The highest BCUT2D eigenvalue weighted by molar-refractivity contribution is 6.90. The van der Waals surface area contributed by atoms with Crippen molar-refractivity contribution in [1.82, 2.24) is 14.9 Å². The number of aromatic nitrogens is 2. The van der Waals surface area contributed by atoms with E-state index in [4.69, 9.17) is 14.1 Å². The van der Waals surface area contributed by atoms with Gasteiger partial charge in [0.05, 0.1) is 23.3 Å². The summed E-state index contributed by atoms with van der Waals surface area (Å²) in [6.07, 6.45) is -1.22. The van der Waals surface area contributed by atoms with E-state index in [1.165, 1.54) is 12.1 Å². The summed E-state index contributed by atoms with van der Waals surface area (Å²) in [5.41, 5.74) is 2.20. The lowest BCUT2D eigenvalue weighted by Gasteiger charge is -2.44. The van der Waals surface area contributed by atoms with Gasteiger partial charge in [0.2, 0.25) is 6.43 Å². The van der Waals surface area contributed by atoms with E-state index in [0.717, 1.165) is 0 Å². The van der Waals surface area contributed by atoms with Crippen LogP contribution >= 0.6 is 0 Å². The van der Waals surface area contributed by atoms with E-state index >= 15 is 13.2 Å². The number of alkyl halides is 2. The summed E-state index contributed by atoms with van der Waals surface area (Å²) >= 11 is 0. The van der Waals surface area contributed by atoms with Crippen LogP contribution in [0.4, 0.5) is 27.8 Å². The summed E-state index contributed by atoms with van der Waals surface area (Å²) in [5.74, 6) is 0.363. The van der Waals surface area contributed by atoms with Crippen molar-refractivity contribution in [1.29, 1.82) is 0 Å². The lowest BCUT2D eigenvalue weighted by Crippen LogP contribution is -2.51. The zero-order valence-corrected chi connectivity index (χ0v) is 44.6. The second-order valence-corrected chi connectivity index (χ2v) is 33.2. The Morgan fingerprint density at radius 1 is 0.821 bits per heavy atom. The molecule has 14 heteroatoms. The molecule has 0 unspecified atom stereocenters. The van der Waals surface area contributed by atoms with Gasteiger partial charge in [0, 0.05) is 47.3 Å². The first-order chi connectivity index (χ1) is 31.2. The van der Waals surface area contributed by atoms with Crippen molar-refractivity contribution in [3.63, 3.8) is 0 Å². The average Bonchev–Trinajstić information content (AvgIpc) is 3.21. The quantitative estimate of drug-likeness (QED) is 0.0767. The van der Waals surface area contributed by atoms with Gasteiger partial charge < -0.3 is 24.1 Å². The van der Waals surface area contributed by atoms with Crippen molar-refractivity contribution < 1.29 is 36.2 Å². The fraction of sp³-hybridized carbons (Fsp3) is 0.623. The summed E-state index contributed by atoms with van der Waals surface area (Å²) in [5, 5.41) is 12.0. The smallest absolute Gasteiger partial charge is 0.319 e. The molecule has 0 radical (unpaired) electrons. The monoisotopic (exact) mass is 967 g/mol. The Morgan fingerprint density at radius 3 is 2.01 bits per heavy atom. The van der Waals surface area contributed by atoms with Crippen molar-refractivity contribution in [2.45, 2.75) is 161 Å². The molecule has 6 rings (SSSR count). The number of rotatable bonds is 14. The van der Waals surface area contributed by atoms with Crippen molar-refractivity contribution in [3.8, 4) is 34.4 Å². The number of halogens is 5. The first-order valence-corrected chi connectivity index (χ1v) is 28.8. The number of hydrogen-bond donors (Lipinski definition) is 1. The van der Waals surface area contributed by atoms with Crippen LogP contribution in [-0.4, -0.2) is 88.2 Å². The van der Waals surface area contributed by atoms with E-state index in [1.54, 1.807) is 30.9 Å². The third kappa shape index (κ3) is 10.0. The highest BCUT2D eigenvalue weighted by atomic mass is 28.4. The van der Waals surface area contributed by atoms with Crippen LogP contribution in [0.2, 0.25) is 33.2 Å². The molecule has 368 valence electrons. The maximum Gasteiger partial charge on any atom is 0.319 e. The van der Waals surface area contributed by atoms with Gasteiger partial charge in [-0.1, -0.05) is 102 Å². The summed E-state index contributed by atoms with van der Waals surface area (Å²) in [6.45, 7) is 30.7. The van der Waals surface area contributed by atoms with E-state index in [0.29, 0.717) is 43.6 Å². The van der Waals surface area contributed by atoms with Gasteiger partial charge in [-0.2, -0.15) is 9.97 Å². The molecule has 3 atom stereocenters. The normalized spacial score (nSPS) is 21.3. The number of hydrogen-bond acceptors (Lipinski definition) is 7. The number of ether oxygens (including phenoxy) is 1. The van der Waals surface area contributed by atoms with Crippen molar-refractivity contribution >= 4 is 43.9 Å². The van der Waals surface area contributed by atoms with Crippen LogP contribution in [0.15, 0.2) is 30.3 Å². The molecule has 1 N–H and O–H groups in total. The maximum absolute atomic E-state index is 18.2. The SMILES string of the molecule is CC(C)[Si](C#Cc1c(F)ccc2cc(O[Si](C(C)C)(C(C)C)C(C)C)cc(-c3c(F)cc4c(N5CCC[C@@](C)(O)C5)nc(OC[C@]5(C)CN(C)CC[C@@H]5C(F)F)nc4c3F)c12)(C(C)C)C(C)C. The van der Waals surface area contributed by atoms with Crippen LogP contribution in [0.3, 0.4) is 0 Å². The lowest BCUT2D eigenvalue weighted by molar-refractivity contribution is -0.0679. The Morgan fingerprint density at radius 2 is 1.45 bits per heavy atom. The van der Waals surface area contributed by atoms with Gasteiger partial charge >= 0.3 is 6.01 Å². The molecular formula is C53H75F5N4O3Si2. The predicted octanol–water partition coefficient (Wildman–Crippen LogP) is 13.9. The summed E-state index contributed by atoms with van der Waals surface area (Å²) in [4.78, 5) is 13.1. The number of aliphatic hydroxyl groups is 1. The van der Waals surface area contributed by atoms with Gasteiger partial charge in [0.1, 0.15) is 36.8 Å². The van der Waals surface area contributed by atoms with E-state index in [2.05, 4.69) is 99.5 Å². The molecule has 3 heterocycles. The molecule has 7 nitrogen and oxygen atoms in total. The third-order valence-corrected chi connectivity index (χ3v) is 27.9. The average molecular weight is 967 g/mol. The van der Waals surface area contributed by atoms with Gasteiger partial charge in [-0.15, -0.1) is 5.54 Å². The van der Waals surface area contributed by atoms with Gasteiger partial charge in [-0.05, 0) is 103 Å². The van der Waals surface area contributed by atoms with Gasteiger partial charge in [-0.3, -0.25) is 0 Å². The molecule has 0 saturated carbocycles. The molecule has 0 amide bonds. The van der Waals surface area contributed by atoms with Crippen LogP contribution in [-0.2, 0) is 0 Å². The Kier molecular flexibility index (Phi) is 15.6. The molecule has 0 bridgehead atoms. The van der Waals surface area contributed by atoms with E-state index in [9.17, 15) is 13.9 Å². The minimum absolute atomic E-state index is 0.0493. The lowest BCUT2D eigenvalue weighted by atomic mass is 9.73. The maximum atomic E-state index is 18.2. The third-order valence-electron chi connectivity index (χ3n) is 15.6. The topological polar surface area (TPSA) is 71.0 Å². The number of β-amino-alcohol motifs (C(OH)–C–C–N with tert-alkyl or cyclic N) is 1. The second-order valence-electron chi connectivity index (χ2n) is 22.3. The molecule has 67 heavy (non-hydrogen) atoms. The number of nitrogens with zero attached hydrogens (tertiary/aromatic N) is 4. The summed E-state index contributed by atoms with van der Waals surface area (Å²) < 4.78 is 94.9. The van der Waals surface area contributed by atoms with Crippen molar-refractivity contribution in [3.05, 3.63) is 53.3 Å². The van der Waals surface area contributed by atoms with Crippen LogP contribution in [0, 0.1) is 40.2 Å². The number of anilines is 1. The van der Waals surface area contributed by atoms with E-state index in [1.807, 2.05) is 18.0 Å². The van der Waals surface area contributed by atoms with Gasteiger partial charge in [-0.25, -0.2) is 22.0 Å². The first-order valence-electron chi connectivity index (χ1n) is 24.5. The van der Waals surface area contributed by atoms with Gasteiger partial charge in [0.15, 0.2) is 5.82 Å². The van der Waals surface area contributed by atoms with Crippen LogP contribution in [0.5, 0.6) is 11.8 Å². The van der Waals surface area contributed by atoms with E-state index in [-0.39, 0.29) is 92.1 Å². The number of fused-ring (bicyclic) bond motifs is 2. The molecule has 2 saturated heterocycles. The minimum Gasteiger partial charge on any atom is -0.543 e. The Hall–Kier alpha value is -3.78. The fourth-order valence-corrected chi connectivity index (χ4v) is 22.8. The summed E-state index contributed by atoms with van der Waals surface area (Å²) in [7, 11) is -3.20. The number of piperidine rings is 2. The Labute approximate surface area is 398 Å². The molecular weight excluding hydrogens is 892 g/mol. The summed E-state index contributed by atoms with van der Waals surface area (Å²) in [6, 6.07) is 7.42. The Balaban J connectivity index is 1.69. The fourth-order valence-electron chi connectivity index (χ4n) is 12.4.